The summed E-state index contributed by atoms with van der Waals surface area (Å²) in [5, 5.41) is 16.1. The van der Waals surface area contributed by atoms with E-state index in [9.17, 15) is 19.7 Å². The molecular weight excluding hydrogens is 388 g/mol. The maximum Gasteiger partial charge on any atom is 0.321 e. The smallest absolute Gasteiger partial charge is 0.321 e. The Labute approximate surface area is 164 Å². The molecule has 0 saturated heterocycles. The summed E-state index contributed by atoms with van der Waals surface area (Å²) in [6.07, 6.45) is 4.30. The molecule has 1 heterocycles. The topological polar surface area (TPSA) is 114 Å². The molecule has 144 valence electrons. The molecule has 0 bridgehead atoms. The minimum absolute atomic E-state index is 0.00838. The summed E-state index contributed by atoms with van der Waals surface area (Å²) in [5.74, 6) is 0.0715. The van der Waals surface area contributed by atoms with Crippen LogP contribution in [0.25, 0.3) is 10.2 Å². The van der Waals surface area contributed by atoms with E-state index < -0.39 is 16.9 Å². The number of urea groups is 1. The van der Waals surface area contributed by atoms with Crippen molar-refractivity contribution < 1.29 is 14.5 Å². The molecular formula is C17H20N4O4S2. The van der Waals surface area contributed by atoms with Gasteiger partial charge in [-0.25, -0.2) is 9.78 Å². The normalized spacial score (nSPS) is 19.6. The fourth-order valence-corrected chi connectivity index (χ4v) is 4.99. The number of benzene rings is 1. The Bertz CT molecular complexity index is 870. The van der Waals surface area contributed by atoms with Crippen molar-refractivity contribution in [3.63, 3.8) is 0 Å². The van der Waals surface area contributed by atoms with Crippen LogP contribution in [0.3, 0.4) is 0 Å². The molecule has 1 aliphatic rings. The van der Waals surface area contributed by atoms with Crippen molar-refractivity contribution in [2.45, 2.75) is 43.0 Å². The molecule has 1 aromatic heterocycles. The maximum absolute atomic E-state index is 12.0. The quantitative estimate of drug-likeness (QED) is 0.443. The molecule has 0 unspecified atom stereocenters. The van der Waals surface area contributed by atoms with Gasteiger partial charge in [0.1, 0.15) is 0 Å². The van der Waals surface area contributed by atoms with Crippen LogP contribution in [0.2, 0.25) is 0 Å². The van der Waals surface area contributed by atoms with Crippen molar-refractivity contribution in [1.29, 1.82) is 0 Å². The number of carbonyl (C=O) groups is 2. The molecule has 10 heteroatoms. The number of fused-ring (bicyclic) bond motifs is 1. The van der Waals surface area contributed by atoms with Crippen LogP contribution in [-0.4, -0.2) is 33.6 Å². The van der Waals surface area contributed by atoms with Gasteiger partial charge in [0, 0.05) is 18.2 Å². The largest absolute Gasteiger partial charge is 0.335 e. The van der Waals surface area contributed by atoms with E-state index in [1.54, 1.807) is 6.07 Å². The van der Waals surface area contributed by atoms with Gasteiger partial charge in [-0.05, 0) is 24.8 Å². The van der Waals surface area contributed by atoms with E-state index in [0.717, 1.165) is 19.3 Å². The SMILES string of the molecule is C[C@H]1CCCC[C@@H]1NC(=O)NC(=O)CSc1nc2ccc([N+](=O)[O-])cc2s1. The highest BCUT2D eigenvalue weighted by molar-refractivity contribution is 8.01. The Morgan fingerprint density at radius 2 is 2.15 bits per heavy atom. The predicted molar refractivity (Wildman–Crippen MR) is 105 cm³/mol. The van der Waals surface area contributed by atoms with Gasteiger partial charge in [0.05, 0.1) is 20.9 Å². The molecule has 2 N–H and O–H groups in total. The summed E-state index contributed by atoms with van der Waals surface area (Å²) in [4.78, 5) is 38.7. The van der Waals surface area contributed by atoms with Gasteiger partial charge in [0.2, 0.25) is 5.91 Å². The minimum atomic E-state index is -0.459. The second-order valence-electron chi connectivity index (χ2n) is 6.57. The number of non-ortho nitro benzene ring substituents is 1. The van der Waals surface area contributed by atoms with E-state index in [2.05, 4.69) is 22.5 Å². The van der Waals surface area contributed by atoms with Crippen LogP contribution >= 0.6 is 23.1 Å². The fraction of sp³-hybridized carbons (Fsp3) is 0.471. The molecule has 3 rings (SSSR count). The number of aromatic nitrogens is 1. The number of nitrogens with one attached hydrogen (secondary N) is 2. The summed E-state index contributed by atoms with van der Waals surface area (Å²) >= 11 is 2.49. The second-order valence-corrected chi connectivity index (χ2v) is 8.82. The van der Waals surface area contributed by atoms with Crippen molar-refractivity contribution >= 4 is 50.9 Å². The van der Waals surface area contributed by atoms with Gasteiger partial charge in [0.25, 0.3) is 5.69 Å². The lowest BCUT2D eigenvalue weighted by Crippen LogP contribution is -2.48. The maximum atomic E-state index is 12.0. The molecule has 27 heavy (non-hydrogen) atoms. The minimum Gasteiger partial charge on any atom is -0.335 e. The van der Waals surface area contributed by atoms with Gasteiger partial charge in [0.15, 0.2) is 4.34 Å². The average molecular weight is 409 g/mol. The molecule has 3 amide bonds. The molecule has 0 spiro atoms. The highest BCUT2D eigenvalue weighted by Crippen LogP contribution is 2.31. The summed E-state index contributed by atoms with van der Waals surface area (Å²) < 4.78 is 1.32. The number of thiazole rings is 1. The van der Waals surface area contributed by atoms with E-state index >= 15 is 0 Å². The molecule has 1 fully saturated rings. The monoisotopic (exact) mass is 408 g/mol. The van der Waals surface area contributed by atoms with E-state index in [-0.39, 0.29) is 17.5 Å². The number of imide groups is 1. The first kappa shape index (κ1) is 19.6. The summed E-state index contributed by atoms with van der Waals surface area (Å²) in [5.41, 5.74) is 0.659. The zero-order chi connectivity index (χ0) is 19.4. The average Bonchev–Trinajstić information content (AvgIpc) is 3.04. The van der Waals surface area contributed by atoms with Gasteiger partial charge < -0.3 is 5.32 Å². The van der Waals surface area contributed by atoms with Crippen LogP contribution in [0.5, 0.6) is 0 Å². The first-order valence-corrected chi connectivity index (χ1v) is 10.5. The van der Waals surface area contributed by atoms with Crippen molar-refractivity contribution in [1.82, 2.24) is 15.6 Å². The molecule has 1 aromatic carbocycles. The first-order valence-electron chi connectivity index (χ1n) is 8.70. The Morgan fingerprint density at radius 1 is 1.37 bits per heavy atom. The number of amides is 3. The van der Waals surface area contributed by atoms with Crippen LogP contribution in [0.1, 0.15) is 32.6 Å². The van der Waals surface area contributed by atoms with Gasteiger partial charge in [-0.15, -0.1) is 11.3 Å². The second kappa shape index (κ2) is 8.66. The third-order valence-corrected chi connectivity index (χ3v) is 6.73. The molecule has 2 atom stereocenters. The van der Waals surface area contributed by atoms with Crippen molar-refractivity contribution in [3.05, 3.63) is 28.3 Å². The van der Waals surface area contributed by atoms with Crippen molar-refractivity contribution in [2.24, 2.45) is 5.92 Å². The molecule has 2 aromatic rings. The van der Waals surface area contributed by atoms with E-state index in [1.165, 1.54) is 41.7 Å². The Hall–Kier alpha value is -2.20. The van der Waals surface area contributed by atoms with E-state index in [4.69, 9.17) is 0 Å². The standard InChI is InChI=1S/C17H20N4O4S2/c1-10-4-2-3-5-12(10)18-16(23)20-15(22)9-26-17-19-13-7-6-11(21(24)25)8-14(13)27-17/h6-8,10,12H,2-5,9H2,1H3,(H2,18,20,22,23)/t10-,12-/m0/s1. The third-order valence-electron chi connectivity index (χ3n) is 4.57. The Kier molecular flexibility index (Phi) is 6.27. The highest BCUT2D eigenvalue weighted by Gasteiger charge is 2.23. The van der Waals surface area contributed by atoms with Gasteiger partial charge >= 0.3 is 6.03 Å². The van der Waals surface area contributed by atoms with Crippen LogP contribution in [0, 0.1) is 16.0 Å². The van der Waals surface area contributed by atoms with Gasteiger partial charge in [-0.3, -0.25) is 20.2 Å². The molecule has 0 radical (unpaired) electrons. The first-order chi connectivity index (χ1) is 12.9. The summed E-state index contributed by atoms with van der Waals surface area (Å²) in [6, 6.07) is 4.11. The molecule has 0 aliphatic heterocycles. The van der Waals surface area contributed by atoms with Gasteiger partial charge in [-0.1, -0.05) is 31.5 Å². The van der Waals surface area contributed by atoms with Crippen molar-refractivity contribution in [2.75, 3.05) is 5.75 Å². The number of nitrogens with zero attached hydrogens (tertiary/aromatic N) is 2. The van der Waals surface area contributed by atoms with E-state index in [0.29, 0.717) is 20.5 Å². The Morgan fingerprint density at radius 3 is 2.89 bits per heavy atom. The van der Waals surface area contributed by atoms with Crippen LogP contribution < -0.4 is 10.6 Å². The number of carbonyl (C=O) groups excluding carboxylic acids is 2. The third kappa shape index (κ3) is 5.16. The highest BCUT2D eigenvalue weighted by atomic mass is 32.2. The molecule has 1 saturated carbocycles. The number of hydrogen-bond acceptors (Lipinski definition) is 7. The number of nitro benzene ring substituents is 1. The molecule has 8 nitrogen and oxygen atoms in total. The van der Waals surface area contributed by atoms with Crippen molar-refractivity contribution in [3.8, 4) is 0 Å². The van der Waals surface area contributed by atoms with Gasteiger partial charge in [-0.2, -0.15) is 0 Å². The lowest BCUT2D eigenvalue weighted by Gasteiger charge is -2.29. The Balaban J connectivity index is 1.50. The number of rotatable bonds is 5. The summed E-state index contributed by atoms with van der Waals surface area (Å²) in [6.45, 7) is 2.11. The predicted octanol–water partition coefficient (Wildman–Crippen LogP) is 3.70. The number of hydrogen-bond donors (Lipinski definition) is 2. The number of thioether (sulfide) groups is 1. The zero-order valence-electron chi connectivity index (χ0n) is 14.8. The zero-order valence-corrected chi connectivity index (χ0v) is 16.4. The summed E-state index contributed by atoms with van der Waals surface area (Å²) in [7, 11) is 0. The number of nitro groups is 1. The van der Waals surface area contributed by atoms with Crippen LogP contribution in [-0.2, 0) is 4.79 Å². The lowest BCUT2D eigenvalue weighted by atomic mass is 9.86. The van der Waals surface area contributed by atoms with Crippen LogP contribution in [0.15, 0.2) is 22.5 Å². The van der Waals surface area contributed by atoms with Crippen LogP contribution in [0.4, 0.5) is 10.5 Å². The van der Waals surface area contributed by atoms with E-state index in [1.807, 2.05) is 0 Å². The lowest BCUT2D eigenvalue weighted by molar-refractivity contribution is -0.384. The fourth-order valence-electron chi connectivity index (χ4n) is 3.09. The molecule has 1 aliphatic carbocycles.